The zero-order chi connectivity index (χ0) is 20.7. The molecule has 2 aromatic rings. The Balaban J connectivity index is 2.24. The van der Waals surface area contributed by atoms with Crippen molar-refractivity contribution >= 4 is 22.0 Å². The lowest BCUT2D eigenvalue weighted by molar-refractivity contribution is -0.126. The Kier molecular flexibility index (Phi) is 7.37. The lowest BCUT2D eigenvalue weighted by atomic mass is 10.2. The number of hydrogen-bond acceptors (Lipinski definition) is 4. The molecule has 6 nitrogen and oxygen atoms in total. The molecule has 0 saturated heterocycles. The highest BCUT2D eigenvalue weighted by molar-refractivity contribution is 7.89. The molecule has 0 aliphatic rings. The Morgan fingerprint density at radius 3 is 2.36 bits per heavy atom. The maximum absolute atomic E-state index is 12.6. The molecule has 0 bridgehead atoms. The second-order valence-corrected chi connectivity index (χ2v) is 8.49. The second-order valence-electron chi connectivity index (χ2n) is 6.37. The first-order chi connectivity index (χ1) is 13.3. The van der Waals surface area contributed by atoms with Crippen LogP contribution in [0.3, 0.4) is 0 Å². The number of carbonyl (C=O) groups is 1. The van der Waals surface area contributed by atoms with E-state index >= 15 is 0 Å². The van der Waals surface area contributed by atoms with Crippen molar-refractivity contribution in [2.24, 2.45) is 0 Å². The van der Waals surface area contributed by atoms with Crippen LogP contribution in [0.25, 0.3) is 6.08 Å². The third kappa shape index (κ3) is 5.21. The minimum atomic E-state index is -3.66. The lowest BCUT2D eigenvalue weighted by Crippen LogP contribution is -2.28. The fourth-order valence-electron chi connectivity index (χ4n) is 2.62. The monoisotopic (exact) mass is 402 g/mol. The maximum atomic E-state index is 12.6. The van der Waals surface area contributed by atoms with E-state index in [9.17, 15) is 13.2 Å². The van der Waals surface area contributed by atoms with Gasteiger partial charge < -0.3 is 9.64 Å². The van der Waals surface area contributed by atoms with Crippen LogP contribution in [0.1, 0.15) is 18.1 Å². The molecule has 0 aromatic heterocycles. The lowest BCUT2D eigenvalue weighted by Gasteiger charge is -2.19. The van der Waals surface area contributed by atoms with E-state index in [4.69, 9.17) is 4.74 Å². The first-order valence-corrected chi connectivity index (χ1v) is 10.3. The largest absolute Gasteiger partial charge is 0.495 e. The summed E-state index contributed by atoms with van der Waals surface area (Å²) in [5, 5.41) is 0. The van der Waals surface area contributed by atoms with Crippen molar-refractivity contribution in [2.45, 2.75) is 18.4 Å². The number of carbonyl (C=O) groups excluding carboxylic acids is 1. The van der Waals surface area contributed by atoms with Crippen LogP contribution < -0.4 is 4.74 Å². The van der Waals surface area contributed by atoms with Gasteiger partial charge in [-0.15, -0.1) is 0 Å². The molecule has 2 rings (SSSR count). The van der Waals surface area contributed by atoms with Crippen molar-refractivity contribution in [2.75, 3.05) is 27.7 Å². The number of benzene rings is 2. The molecule has 0 heterocycles. The molecule has 0 atom stereocenters. The number of hydrogen-bond donors (Lipinski definition) is 0. The molecule has 0 aliphatic heterocycles. The van der Waals surface area contributed by atoms with E-state index in [2.05, 4.69) is 0 Å². The topological polar surface area (TPSA) is 66.9 Å². The van der Waals surface area contributed by atoms with Gasteiger partial charge in [-0.2, -0.15) is 0 Å². The molecule has 7 heteroatoms. The van der Waals surface area contributed by atoms with Crippen molar-refractivity contribution < 1.29 is 17.9 Å². The zero-order valence-corrected chi connectivity index (χ0v) is 17.4. The summed E-state index contributed by atoms with van der Waals surface area (Å²) in [4.78, 5) is 14.3. The average molecular weight is 403 g/mol. The number of methoxy groups -OCH3 is 1. The summed E-state index contributed by atoms with van der Waals surface area (Å²) in [5.41, 5.74) is 1.65. The summed E-state index contributed by atoms with van der Waals surface area (Å²) in [6.07, 6.45) is 3.07. The molecule has 0 fully saturated rings. The van der Waals surface area contributed by atoms with Crippen molar-refractivity contribution in [3.8, 4) is 5.75 Å². The van der Waals surface area contributed by atoms with Crippen LogP contribution in [0, 0.1) is 0 Å². The molecule has 0 saturated carbocycles. The molecule has 0 radical (unpaired) electrons. The molecule has 0 N–H and O–H groups in total. The maximum Gasteiger partial charge on any atom is 0.246 e. The number of amides is 1. The van der Waals surface area contributed by atoms with Crippen molar-refractivity contribution in [3.05, 3.63) is 65.7 Å². The molecule has 1 amide bonds. The molecule has 0 spiro atoms. The molecule has 2 aromatic carbocycles. The standard InChI is InChI=1S/C21H26N2O4S/c1-5-23(16-18-9-7-6-8-10-18)21(24)14-12-17-11-13-19(27-4)20(15-17)28(25,26)22(2)3/h6-15H,5,16H2,1-4H3. The molecule has 150 valence electrons. The molecule has 28 heavy (non-hydrogen) atoms. The van der Waals surface area contributed by atoms with Crippen LogP contribution in [-0.2, 0) is 21.4 Å². The third-order valence-electron chi connectivity index (χ3n) is 4.27. The van der Waals surface area contributed by atoms with Gasteiger partial charge in [-0.25, -0.2) is 12.7 Å². The Morgan fingerprint density at radius 2 is 1.79 bits per heavy atom. The molecule has 0 unspecified atom stereocenters. The van der Waals surface area contributed by atoms with Crippen molar-refractivity contribution in [1.29, 1.82) is 0 Å². The molecule has 0 aliphatic carbocycles. The van der Waals surface area contributed by atoms with Gasteiger partial charge in [0, 0.05) is 33.3 Å². The van der Waals surface area contributed by atoms with E-state index in [1.165, 1.54) is 33.3 Å². The van der Waals surface area contributed by atoms with Gasteiger partial charge in [0.05, 0.1) is 7.11 Å². The fraction of sp³-hybridized carbons (Fsp3) is 0.286. The number of rotatable bonds is 8. The summed E-state index contributed by atoms with van der Waals surface area (Å²) in [6, 6.07) is 14.6. The van der Waals surface area contributed by atoms with Crippen LogP contribution in [-0.4, -0.2) is 51.3 Å². The highest BCUT2D eigenvalue weighted by Gasteiger charge is 2.22. The number of nitrogens with zero attached hydrogens (tertiary/aromatic N) is 2. The SMILES string of the molecule is CCN(Cc1ccccc1)C(=O)C=Cc1ccc(OC)c(S(=O)(=O)N(C)C)c1. The number of likely N-dealkylation sites (N-methyl/N-ethyl adjacent to an activating group) is 1. The summed E-state index contributed by atoms with van der Waals surface area (Å²) in [7, 11) is 0.683. The normalized spacial score (nSPS) is 11.8. The van der Waals surface area contributed by atoms with Crippen molar-refractivity contribution in [3.63, 3.8) is 0 Å². The predicted octanol–water partition coefficient (Wildman–Crippen LogP) is 3.01. The molecular weight excluding hydrogens is 376 g/mol. The summed E-state index contributed by atoms with van der Waals surface area (Å²) >= 11 is 0. The Morgan fingerprint density at radius 1 is 1.11 bits per heavy atom. The van der Waals surface area contributed by atoms with E-state index in [0.29, 0.717) is 18.7 Å². The van der Waals surface area contributed by atoms with Gasteiger partial charge in [0.2, 0.25) is 15.9 Å². The smallest absolute Gasteiger partial charge is 0.246 e. The van der Waals surface area contributed by atoms with E-state index in [-0.39, 0.29) is 16.6 Å². The fourth-order valence-corrected chi connectivity index (χ4v) is 3.70. The zero-order valence-electron chi connectivity index (χ0n) is 16.6. The number of ether oxygens (including phenoxy) is 1. The van der Waals surface area contributed by atoms with Gasteiger partial charge >= 0.3 is 0 Å². The van der Waals surface area contributed by atoms with Crippen LogP contribution in [0.4, 0.5) is 0 Å². The van der Waals surface area contributed by atoms with Gasteiger partial charge in [0.1, 0.15) is 10.6 Å². The van der Waals surface area contributed by atoms with E-state index < -0.39 is 10.0 Å². The average Bonchev–Trinajstić information content (AvgIpc) is 2.70. The van der Waals surface area contributed by atoms with Crippen LogP contribution in [0.15, 0.2) is 59.5 Å². The van der Waals surface area contributed by atoms with Gasteiger partial charge in [0.25, 0.3) is 0 Å². The Bertz CT molecular complexity index is 938. The van der Waals surface area contributed by atoms with Gasteiger partial charge in [-0.1, -0.05) is 36.4 Å². The van der Waals surface area contributed by atoms with E-state index in [0.717, 1.165) is 9.87 Å². The van der Waals surface area contributed by atoms with Gasteiger partial charge in [-0.05, 0) is 36.3 Å². The number of sulfonamides is 1. The van der Waals surface area contributed by atoms with Crippen LogP contribution in [0.2, 0.25) is 0 Å². The third-order valence-corrected chi connectivity index (χ3v) is 6.11. The van der Waals surface area contributed by atoms with Gasteiger partial charge in [0.15, 0.2) is 0 Å². The Labute approximate surface area is 167 Å². The Hall–Kier alpha value is -2.64. The van der Waals surface area contributed by atoms with Crippen molar-refractivity contribution in [1.82, 2.24) is 9.21 Å². The summed E-state index contributed by atoms with van der Waals surface area (Å²) in [6.45, 7) is 3.01. The highest BCUT2D eigenvalue weighted by Crippen LogP contribution is 2.27. The van der Waals surface area contributed by atoms with Crippen LogP contribution in [0.5, 0.6) is 5.75 Å². The second kappa shape index (κ2) is 9.52. The first-order valence-electron chi connectivity index (χ1n) is 8.91. The predicted molar refractivity (Wildman–Crippen MR) is 110 cm³/mol. The highest BCUT2D eigenvalue weighted by atomic mass is 32.2. The molecular formula is C21H26N2O4S. The van der Waals surface area contributed by atoms with E-state index in [1.54, 1.807) is 23.1 Å². The van der Waals surface area contributed by atoms with Crippen LogP contribution >= 0.6 is 0 Å². The summed E-state index contributed by atoms with van der Waals surface area (Å²) < 4.78 is 31.3. The summed E-state index contributed by atoms with van der Waals surface area (Å²) in [5.74, 6) is 0.121. The minimum Gasteiger partial charge on any atom is -0.495 e. The first kappa shape index (κ1) is 21.7. The minimum absolute atomic E-state index is 0.0613. The van der Waals surface area contributed by atoms with Gasteiger partial charge in [-0.3, -0.25) is 4.79 Å². The quantitative estimate of drug-likeness (QED) is 0.637. The van der Waals surface area contributed by atoms with E-state index in [1.807, 2.05) is 37.3 Å².